The molecule has 3 aromatic rings. The Morgan fingerprint density at radius 2 is 1.39 bits per heavy atom. The minimum absolute atomic E-state index is 0.0478. The maximum atomic E-state index is 12.5. The Morgan fingerprint density at radius 1 is 0.848 bits per heavy atom. The summed E-state index contributed by atoms with van der Waals surface area (Å²) in [6.07, 6.45) is -1.51. The van der Waals surface area contributed by atoms with E-state index in [1.807, 2.05) is 42.5 Å². The minimum atomic E-state index is -0.850. The molecule has 0 heterocycles. The second-order valence-corrected chi connectivity index (χ2v) is 8.34. The summed E-state index contributed by atoms with van der Waals surface area (Å²) in [6, 6.07) is 24.0. The molecular weight excluding hydrogens is 416 g/mol. The summed E-state index contributed by atoms with van der Waals surface area (Å²) >= 11 is 0. The second kappa shape index (κ2) is 9.88. The minimum Gasteiger partial charge on any atom is -0.449 e. The van der Waals surface area contributed by atoms with Crippen LogP contribution in [0, 0.1) is 0 Å². The zero-order chi connectivity index (χ0) is 23.4. The molecule has 33 heavy (non-hydrogen) atoms. The number of alkyl carbamates (subject to hydrolysis) is 1. The average molecular weight is 445 g/mol. The fraction of sp³-hybridized carbons (Fsp3) is 0.259. The normalized spacial score (nSPS) is 15.0. The second-order valence-electron chi connectivity index (χ2n) is 8.34. The SMILES string of the molecule is C[C@H](NC(=O)OCC1c2ccccc2-c2ccccc21)C(=O)N[C@@H](C)[C@H](O)c1ccccc1. The van der Waals surface area contributed by atoms with Gasteiger partial charge >= 0.3 is 6.09 Å². The number of aliphatic hydroxyl groups is 1. The van der Waals surface area contributed by atoms with Crippen LogP contribution < -0.4 is 10.6 Å². The highest BCUT2D eigenvalue weighted by atomic mass is 16.5. The first kappa shape index (κ1) is 22.6. The summed E-state index contributed by atoms with van der Waals surface area (Å²) in [5, 5.41) is 15.8. The average Bonchev–Trinajstić information content (AvgIpc) is 3.16. The van der Waals surface area contributed by atoms with Gasteiger partial charge in [-0.3, -0.25) is 4.79 Å². The van der Waals surface area contributed by atoms with Crippen LogP contribution in [0.15, 0.2) is 78.9 Å². The van der Waals surface area contributed by atoms with Crippen molar-refractivity contribution in [2.45, 2.75) is 38.0 Å². The molecule has 0 aliphatic heterocycles. The molecule has 0 saturated heterocycles. The van der Waals surface area contributed by atoms with Gasteiger partial charge in [0.2, 0.25) is 5.91 Å². The molecule has 0 saturated carbocycles. The van der Waals surface area contributed by atoms with Crippen molar-refractivity contribution in [2.75, 3.05) is 6.61 Å². The van der Waals surface area contributed by atoms with Crippen molar-refractivity contribution in [3.8, 4) is 11.1 Å². The van der Waals surface area contributed by atoms with Gasteiger partial charge in [0.05, 0.1) is 12.1 Å². The first-order chi connectivity index (χ1) is 16.0. The van der Waals surface area contributed by atoms with Crippen LogP contribution in [0.25, 0.3) is 11.1 Å². The van der Waals surface area contributed by atoms with Gasteiger partial charge in [-0.15, -0.1) is 0 Å². The summed E-state index contributed by atoms with van der Waals surface area (Å²) in [4.78, 5) is 24.9. The van der Waals surface area contributed by atoms with Gasteiger partial charge in [0, 0.05) is 5.92 Å². The molecule has 3 atom stereocenters. The Kier molecular flexibility index (Phi) is 6.75. The molecule has 1 aliphatic carbocycles. The smallest absolute Gasteiger partial charge is 0.407 e. The van der Waals surface area contributed by atoms with E-state index < -0.39 is 30.2 Å². The monoisotopic (exact) mass is 444 g/mol. The fourth-order valence-electron chi connectivity index (χ4n) is 4.25. The number of hydrogen-bond acceptors (Lipinski definition) is 4. The van der Waals surface area contributed by atoms with Crippen LogP contribution in [0.3, 0.4) is 0 Å². The van der Waals surface area contributed by atoms with Crippen molar-refractivity contribution < 1.29 is 19.4 Å². The molecule has 0 bridgehead atoms. The largest absolute Gasteiger partial charge is 0.449 e. The lowest BCUT2D eigenvalue weighted by molar-refractivity contribution is -0.124. The Bertz CT molecular complexity index is 1090. The van der Waals surface area contributed by atoms with Crippen molar-refractivity contribution in [2.24, 2.45) is 0 Å². The number of benzene rings is 3. The number of amides is 2. The Labute approximate surface area is 193 Å². The molecule has 0 fully saturated rings. The maximum absolute atomic E-state index is 12.5. The quantitative estimate of drug-likeness (QED) is 0.511. The van der Waals surface area contributed by atoms with Crippen molar-refractivity contribution in [1.82, 2.24) is 10.6 Å². The molecule has 6 nitrogen and oxygen atoms in total. The van der Waals surface area contributed by atoms with Gasteiger partial charge in [0.15, 0.2) is 0 Å². The Balaban J connectivity index is 1.31. The molecular formula is C27H28N2O4. The van der Waals surface area contributed by atoms with Crippen LogP contribution in [0.4, 0.5) is 4.79 Å². The number of ether oxygens (including phenoxy) is 1. The molecule has 170 valence electrons. The van der Waals surface area contributed by atoms with Crippen LogP contribution in [0.2, 0.25) is 0 Å². The standard InChI is InChI=1S/C27H28N2O4/c1-17(25(30)19-10-4-3-5-11-19)28-26(31)18(2)29-27(32)33-16-24-22-14-8-6-12-20(22)21-13-7-9-15-23(21)24/h3-15,17-18,24-25,30H,16H2,1-2H3,(H,28,31)(H,29,32)/t17-,18-,25-/m0/s1. The third-order valence-corrected chi connectivity index (χ3v) is 6.06. The highest BCUT2D eigenvalue weighted by molar-refractivity contribution is 5.85. The van der Waals surface area contributed by atoms with Crippen LogP contribution >= 0.6 is 0 Å². The van der Waals surface area contributed by atoms with E-state index in [4.69, 9.17) is 4.74 Å². The van der Waals surface area contributed by atoms with Gasteiger partial charge in [0.25, 0.3) is 0 Å². The van der Waals surface area contributed by atoms with Gasteiger partial charge in [0.1, 0.15) is 12.6 Å². The molecule has 6 heteroatoms. The van der Waals surface area contributed by atoms with Crippen molar-refractivity contribution >= 4 is 12.0 Å². The number of carbonyl (C=O) groups is 2. The fourth-order valence-corrected chi connectivity index (χ4v) is 4.25. The summed E-state index contributed by atoms with van der Waals surface area (Å²) in [5.41, 5.74) is 5.27. The summed E-state index contributed by atoms with van der Waals surface area (Å²) in [5.74, 6) is -0.445. The lowest BCUT2D eigenvalue weighted by atomic mass is 9.98. The molecule has 0 aromatic heterocycles. The molecule has 0 spiro atoms. The third kappa shape index (κ3) is 4.91. The lowest BCUT2D eigenvalue weighted by Crippen LogP contribution is -2.49. The number of aliphatic hydroxyl groups excluding tert-OH is 1. The van der Waals surface area contributed by atoms with E-state index in [1.54, 1.807) is 26.0 Å². The Hall–Kier alpha value is -3.64. The number of nitrogens with one attached hydrogen (secondary N) is 2. The van der Waals surface area contributed by atoms with Gasteiger partial charge in [-0.05, 0) is 41.7 Å². The first-order valence-corrected chi connectivity index (χ1v) is 11.1. The topological polar surface area (TPSA) is 87.7 Å². The van der Waals surface area contributed by atoms with Gasteiger partial charge < -0.3 is 20.5 Å². The van der Waals surface area contributed by atoms with Crippen molar-refractivity contribution in [3.63, 3.8) is 0 Å². The van der Waals surface area contributed by atoms with Crippen LogP contribution in [0.5, 0.6) is 0 Å². The van der Waals surface area contributed by atoms with Gasteiger partial charge in [-0.2, -0.15) is 0 Å². The molecule has 3 aromatic carbocycles. The maximum Gasteiger partial charge on any atom is 0.407 e. The van der Waals surface area contributed by atoms with Gasteiger partial charge in [-0.25, -0.2) is 4.79 Å². The summed E-state index contributed by atoms with van der Waals surface area (Å²) < 4.78 is 5.50. The van der Waals surface area contributed by atoms with Crippen molar-refractivity contribution in [1.29, 1.82) is 0 Å². The Morgan fingerprint density at radius 3 is 2.00 bits per heavy atom. The van der Waals surface area contributed by atoms with Crippen LogP contribution in [-0.4, -0.2) is 35.8 Å². The molecule has 2 amide bonds. The van der Waals surface area contributed by atoms with Crippen LogP contribution in [-0.2, 0) is 9.53 Å². The van der Waals surface area contributed by atoms with E-state index in [-0.39, 0.29) is 12.5 Å². The number of fused-ring (bicyclic) bond motifs is 3. The predicted octanol–water partition coefficient (Wildman–Crippen LogP) is 4.15. The number of carbonyl (C=O) groups excluding carboxylic acids is 2. The predicted molar refractivity (Wildman–Crippen MR) is 127 cm³/mol. The van der Waals surface area contributed by atoms with E-state index in [1.165, 1.54) is 0 Å². The number of hydrogen-bond donors (Lipinski definition) is 3. The zero-order valence-electron chi connectivity index (χ0n) is 18.7. The van der Waals surface area contributed by atoms with E-state index >= 15 is 0 Å². The molecule has 4 rings (SSSR count). The van der Waals surface area contributed by atoms with E-state index in [2.05, 4.69) is 34.9 Å². The van der Waals surface area contributed by atoms with E-state index in [9.17, 15) is 14.7 Å². The highest BCUT2D eigenvalue weighted by Gasteiger charge is 2.29. The summed E-state index contributed by atoms with van der Waals surface area (Å²) in [7, 11) is 0. The van der Waals surface area contributed by atoms with E-state index in [0.717, 1.165) is 22.3 Å². The molecule has 1 aliphatic rings. The molecule has 0 unspecified atom stereocenters. The zero-order valence-corrected chi connectivity index (χ0v) is 18.7. The van der Waals surface area contributed by atoms with Crippen LogP contribution in [0.1, 0.15) is 42.6 Å². The van der Waals surface area contributed by atoms with Crippen molar-refractivity contribution in [3.05, 3.63) is 95.6 Å². The first-order valence-electron chi connectivity index (χ1n) is 11.1. The number of rotatable bonds is 7. The summed E-state index contributed by atoms with van der Waals surface area (Å²) in [6.45, 7) is 3.48. The molecule has 3 N–H and O–H groups in total. The highest BCUT2D eigenvalue weighted by Crippen LogP contribution is 2.44. The lowest BCUT2D eigenvalue weighted by Gasteiger charge is -2.23. The third-order valence-electron chi connectivity index (χ3n) is 6.06. The molecule has 0 radical (unpaired) electrons. The van der Waals surface area contributed by atoms with E-state index in [0.29, 0.717) is 5.56 Å². The van der Waals surface area contributed by atoms with Gasteiger partial charge in [-0.1, -0.05) is 78.9 Å².